The van der Waals surface area contributed by atoms with Gasteiger partial charge in [0.25, 0.3) is 0 Å². The second-order valence-corrected chi connectivity index (χ2v) is 2.81. The summed E-state index contributed by atoms with van der Waals surface area (Å²) >= 11 is 0. The number of carbonyl (C=O) groups excluding carboxylic acids is 1. The fourth-order valence-electron chi connectivity index (χ4n) is 1.25. The molecule has 1 rings (SSSR count). The summed E-state index contributed by atoms with van der Waals surface area (Å²) in [6.45, 7) is 1.59. The minimum absolute atomic E-state index is 0.150. The monoisotopic (exact) mass is 160 g/mol. The van der Waals surface area contributed by atoms with E-state index in [0.717, 1.165) is 0 Å². The Kier molecular flexibility index (Phi) is 2.59. The topological polar surface area (TPSA) is 66.8 Å². The summed E-state index contributed by atoms with van der Waals surface area (Å²) in [4.78, 5) is 10.3. The van der Waals surface area contributed by atoms with E-state index in [-0.39, 0.29) is 12.5 Å². The normalized spacial score (nSPS) is 44.3. The Hall–Kier alpha value is -0.450. The molecule has 0 aromatic rings. The summed E-state index contributed by atoms with van der Waals surface area (Å²) in [7, 11) is 0. The standard InChI is InChI=1S/C7H12O4/c1-4-5(2-8)11-6(3-9)7(4)10/h3-8,10H,2H2,1H3. The van der Waals surface area contributed by atoms with E-state index in [2.05, 4.69) is 0 Å². The van der Waals surface area contributed by atoms with Gasteiger partial charge in [-0.3, -0.25) is 0 Å². The van der Waals surface area contributed by atoms with Crippen LogP contribution in [0, 0.1) is 5.92 Å². The number of aliphatic hydroxyl groups is 2. The summed E-state index contributed by atoms with van der Waals surface area (Å²) in [6.07, 6.45) is -1.37. The number of rotatable bonds is 2. The molecule has 1 aliphatic rings. The predicted molar refractivity (Wildman–Crippen MR) is 37.0 cm³/mol. The van der Waals surface area contributed by atoms with Crippen LogP contribution in [-0.2, 0) is 9.53 Å². The zero-order valence-electron chi connectivity index (χ0n) is 6.30. The lowest BCUT2D eigenvalue weighted by atomic mass is 9.99. The van der Waals surface area contributed by atoms with Crippen LogP contribution in [0.25, 0.3) is 0 Å². The molecule has 1 saturated heterocycles. The van der Waals surface area contributed by atoms with Crippen molar-refractivity contribution in [1.29, 1.82) is 0 Å². The van der Waals surface area contributed by atoms with E-state index in [0.29, 0.717) is 6.29 Å². The van der Waals surface area contributed by atoms with Crippen molar-refractivity contribution in [2.24, 2.45) is 5.92 Å². The fraction of sp³-hybridized carbons (Fsp3) is 0.857. The van der Waals surface area contributed by atoms with E-state index in [4.69, 9.17) is 9.84 Å². The Morgan fingerprint density at radius 3 is 2.55 bits per heavy atom. The molecule has 1 fully saturated rings. The quantitative estimate of drug-likeness (QED) is 0.505. The lowest BCUT2D eigenvalue weighted by Crippen LogP contribution is -2.26. The number of aldehydes is 1. The van der Waals surface area contributed by atoms with Crippen molar-refractivity contribution in [3.8, 4) is 0 Å². The number of hydrogen-bond donors (Lipinski definition) is 2. The Bertz CT molecular complexity index is 147. The van der Waals surface area contributed by atoms with E-state index in [1.807, 2.05) is 0 Å². The number of carbonyl (C=O) groups is 1. The molecule has 4 nitrogen and oxygen atoms in total. The first-order valence-corrected chi connectivity index (χ1v) is 3.60. The van der Waals surface area contributed by atoms with Gasteiger partial charge in [-0.05, 0) is 0 Å². The van der Waals surface area contributed by atoms with Crippen LogP contribution in [0.5, 0.6) is 0 Å². The van der Waals surface area contributed by atoms with E-state index in [1.165, 1.54) is 0 Å². The first-order valence-electron chi connectivity index (χ1n) is 3.60. The van der Waals surface area contributed by atoms with E-state index in [1.54, 1.807) is 6.92 Å². The third-order valence-corrected chi connectivity index (χ3v) is 2.11. The molecule has 2 N–H and O–H groups in total. The van der Waals surface area contributed by atoms with Crippen LogP contribution in [0.4, 0.5) is 0 Å². The Labute approximate surface area is 64.8 Å². The van der Waals surface area contributed by atoms with Gasteiger partial charge in [-0.1, -0.05) is 6.92 Å². The molecule has 0 saturated carbocycles. The van der Waals surface area contributed by atoms with Crippen molar-refractivity contribution in [3.63, 3.8) is 0 Å². The van der Waals surface area contributed by atoms with E-state index < -0.39 is 18.3 Å². The largest absolute Gasteiger partial charge is 0.394 e. The van der Waals surface area contributed by atoms with Crippen LogP contribution >= 0.6 is 0 Å². The van der Waals surface area contributed by atoms with Crippen LogP contribution in [-0.4, -0.2) is 41.4 Å². The number of hydrogen-bond acceptors (Lipinski definition) is 4. The summed E-state index contributed by atoms with van der Waals surface area (Å²) in [5.74, 6) is -0.171. The van der Waals surface area contributed by atoms with Gasteiger partial charge in [-0.2, -0.15) is 0 Å². The molecule has 4 heteroatoms. The number of ether oxygens (including phenoxy) is 1. The second-order valence-electron chi connectivity index (χ2n) is 2.81. The van der Waals surface area contributed by atoms with E-state index >= 15 is 0 Å². The van der Waals surface area contributed by atoms with Gasteiger partial charge in [0.05, 0.1) is 18.8 Å². The van der Waals surface area contributed by atoms with Gasteiger partial charge in [-0.25, -0.2) is 0 Å². The highest BCUT2D eigenvalue weighted by atomic mass is 16.5. The molecule has 0 spiro atoms. The van der Waals surface area contributed by atoms with Gasteiger partial charge in [0.15, 0.2) is 6.29 Å². The maximum absolute atomic E-state index is 10.3. The molecule has 11 heavy (non-hydrogen) atoms. The molecule has 1 heterocycles. The Morgan fingerprint density at radius 2 is 2.27 bits per heavy atom. The van der Waals surface area contributed by atoms with E-state index in [9.17, 15) is 9.90 Å². The first-order chi connectivity index (χ1) is 5.20. The summed E-state index contributed by atoms with van der Waals surface area (Å²) in [6, 6.07) is 0. The zero-order chi connectivity index (χ0) is 8.43. The van der Waals surface area contributed by atoms with Crippen molar-refractivity contribution in [3.05, 3.63) is 0 Å². The molecule has 4 unspecified atom stereocenters. The highest BCUT2D eigenvalue weighted by Crippen LogP contribution is 2.24. The molecule has 4 atom stereocenters. The van der Waals surface area contributed by atoms with Gasteiger partial charge < -0.3 is 19.7 Å². The van der Waals surface area contributed by atoms with Crippen LogP contribution < -0.4 is 0 Å². The van der Waals surface area contributed by atoms with Gasteiger partial charge >= 0.3 is 0 Å². The molecule has 64 valence electrons. The minimum Gasteiger partial charge on any atom is -0.394 e. The third kappa shape index (κ3) is 1.42. The number of aliphatic hydroxyl groups excluding tert-OH is 2. The Balaban J connectivity index is 2.60. The highest BCUT2D eigenvalue weighted by molar-refractivity contribution is 5.57. The van der Waals surface area contributed by atoms with Crippen molar-refractivity contribution in [2.75, 3.05) is 6.61 Å². The lowest BCUT2D eigenvalue weighted by molar-refractivity contribution is -0.121. The first kappa shape index (κ1) is 8.64. The molecular weight excluding hydrogens is 148 g/mol. The second kappa shape index (κ2) is 3.30. The Morgan fingerprint density at radius 1 is 1.64 bits per heavy atom. The molecule has 1 aliphatic heterocycles. The smallest absolute Gasteiger partial charge is 0.151 e. The average molecular weight is 160 g/mol. The van der Waals surface area contributed by atoms with Gasteiger partial charge in [0, 0.05) is 5.92 Å². The third-order valence-electron chi connectivity index (χ3n) is 2.11. The fourth-order valence-corrected chi connectivity index (χ4v) is 1.25. The summed E-state index contributed by atoms with van der Waals surface area (Å²) in [5, 5.41) is 18.0. The SMILES string of the molecule is CC1C(CO)OC(C=O)C1O. The molecule has 0 bridgehead atoms. The summed E-state index contributed by atoms with van der Waals surface area (Å²) in [5.41, 5.74) is 0. The summed E-state index contributed by atoms with van der Waals surface area (Å²) < 4.78 is 5.02. The van der Waals surface area contributed by atoms with Crippen molar-refractivity contribution < 1.29 is 19.7 Å². The molecular formula is C7H12O4. The molecule has 0 amide bonds. The van der Waals surface area contributed by atoms with Crippen LogP contribution in [0.3, 0.4) is 0 Å². The van der Waals surface area contributed by atoms with Crippen LogP contribution in [0.15, 0.2) is 0 Å². The van der Waals surface area contributed by atoms with Crippen molar-refractivity contribution in [1.82, 2.24) is 0 Å². The highest BCUT2D eigenvalue weighted by Gasteiger charge is 2.39. The molecule has 0 aliphatic carbocycles. The molecule has 0 radical (unpaired) electrons. The average Bonchev–Trinajstić information content (AvgIpc) is 2.30. The van der Waals surface area contributed by atoms with Gasteiger partial charge in [0.2, 0.25) is 0 Å². The van der Waals surface area contributed by atoms with Gasteiger partial charge in [-0.15, -0.1) is 0 Å². The van der Waals surface area contributed by atoms with Crippen LogP contribution in [0.1, 0.15) is 6.92 Å². The van der Waals surface area contributed by atoms with Gasteiger partial charge in [0.1, 0.15) is 6.10 Å². The molecule has 0 aromatic heterocycles. The van der Waals surface area contributed by atoms with Crippen LogP contribution in [0.2, 0.25) is 0 Å². The maximum Gasteiger partial charge on any atom is 0.151 e. The lowest BCUT2D eigenvalue weighted by Gasteiger charge is -2.11. The molecule has 0 aromatic carbocycles. The van der Waals surface area contributed by atoms with Crippen molar-refractivity contribution in [2.45, 2.75) is 25.2 Å². The minimum atomic E-state index is -0.773. The maximum atomic E-state index is 10.3. The predicted octanol–water partition coefficient (Wildman–Crippen LogP) is -1.06. The van der Waals surface area contributed by atoms with Crippen molar-refractivity contribution >= 4 is 6.29 Å². The zero-order valence-corrected chi connectivity index (χ0v) is 6.30.